The van der Waals surface area contributed by atoms with Gasteiger partial charge in [-0.3, -0.25) is 0 Å². The Bertz CT molecular complexity index is 225. The van der Waals surface area contributed by atoms with E-state index in [0.717, 1.165) is 10.8 Å². The summed E-state index contributed by atoms with van der Waals surface area (Å²) in [5.74, 6) is -0.924. The minimum atomic E-state index is -4.37. The summed E-state index contributed by atoms with van der Waals surface area (Å²) in [6.07, 6.45) is -1.14. The molecule has 0 N–H and O–H groups in total. The number of imidazole rings is 1. The highest BCUT2D eigenvalue weighted by atomic mass is 19.4. The first-order chi connectivity index (χ1) is 4.52. The fourth-order valence-electron chi connectivity index (χ4n) is 0.580. The lowest BCUT2D eigenvalue weighted by atomic mass is 10.6. The van der Waals surface area contributed by atoms with Gasteiger partial charge in [0.05, 0.1) is 0 Å². The van der Waals surface area contributed by atoms with Crippen molar-refractivity contribution in [2.45, 2.75) is 6.18 Å². The number of rotatable bonds is 0. The fourth-order valence-corrected chi connectivity index (χ4v) is 0.580. The van der Waals surface area contributed by atoms with Crippen molar-refractivity contribution in [1.82, 2.24) is 9.55 Å². The second-order valence-corrected chi connectivity index (χ2v) is 1.80. The van der Waals surface area contributed by atoms with Gasteiger partial charge < -0.3 is 4.57 Å². The van der Waals surface area contributed by atoms with Crippen LogP contribution in [0.4, 0.5) is 13.2 Å². The van der Waals surface area contributed by atoms with Crippen LogP contribution in [0.1, 0.15) is 5.82 Å². The number of alkyl halides is 3. The van der Waals surface area contributed by atoms with Crippen LogP contribution in [-0.2, 0) is 13.2 Å². The zero-order valence-electron chi connectivity index (χ0n) is 5.11. The van der Waals surface area contributed by atoms with Crippen LogP contribution in [0.3, 0.4) is 0 Å². The van der Waals surface area contributed by atoms with Gasteiger partial charge in [0.2, 0.25) is 5.82 Å². The molecule has 0 aliphatic carbocycles. The summed E-state index contributed by atoms with van der Waals surface area (Å²) in [5.41, 5.74) is 0. The molecule has 0 saturated carbocycles. The molecule has 0 unspecified atom stereocenters. The van der Waals surface area contributed by atoms with Crippen molar-refractivity contribution in [2.75, 3.05) is 0 Å². The standard InChI is InChI=1S/C5H4F3N2/c1-10-3-2-9-4(10)5(6,7)8/h3H,1H3. The van der Waals surface area contributed by atoms with Crippen molar-refractivity contribution in [3.05, 3.63) is 18.2 Å². The van der Waals surface area contributed by atoms with Crippen LogP contribution in [0.25, 0.3) is 0 Å². The second-order valence-electron chi connectivity index (χ2n) is 1.80. The minimum absolute atomic E-state index is 0.875. The Morgan fingerprint density at radius 3 is 2.40 bits per heavy atom. The molecule has 0 spiro atoms. The Labute approximate surface area is 55.3 Å². The summed E-state index contributed by atoms with van der Waals surface area (Å²) in [6.45, 7) is 0. The Balaban J connectivity index is 3.05. The molecular weight excluding hydrogens is 145 g/mol. The van der Waals surface area contributed by atoms with Gasteiger partial charge in [-0.2, -0.15) is 13.2 Å². The minimum Gasteiger partial charge on any atom is -0.330 e. The Hall–Kier alpha value is -1.00. The van der Waals surface area contributed by atoms with Gasteiger partial charge in [-0.15, -0.1) is 0 Å². The molecular formula is C5H4F3N2. The molecule has 0 saturated heterocycles. The van der Waals surface area contributed by atoms with Crippen molar-refractivity contribution in [1.29, 1.82) is 0 Å². The number of hydrogen-bond donors (Lipinski definition) is 0. The molecule has 1 radical (unpaired) electrons. The van der Waals surface area contributed by atoms with E-state index in [4.69, 9.17) is 0 Å². The van der Waals surface area contributed by atoms with E-state index in [1.54, 1.807) is 0 Å². The van der Waals surface area contributed by atoms with Crippen molar-refractivity contribution in [3.63, 3.8) is 0 Å². The monoisotopic (exact) mass is 149 g/mol. The van der Waals surface area contributed by atoms with Crippen LogP contribution in [0.15, 0.2) is 6.20 Å². The summed E-state index contributed by atoms with van der Waals surface area (Å²) in [6, 6.07) is 0. The van der Waals surface area contributed by atoms with Gasteiger partial charge in [-0.05, 0) is 0 Å². The summed E-state index contributed by atoms with van der Waals surface area (Å²) in [4.78, 5) is 3.00. The van der Waals surface area contributed by atoms with E-state index in [2.05, 4.69) is 11.2 Å². The summed E-state index contributed by atoms with van der Waals surface area (Å²) in [7, 11) is 1.27. The molecule has 0 atom stereocenters. The van der Waals surface area contributed by atoms with Gasteiger partial charge >= 0.3 is 6.18 Å². The number of halogens is 3. The lowest BCUT2D eigenvalue weighted by molar-refractivity contribution is -0.146. The Morgan fingerprint density at radius 1 is 1.60 bits per heavy atom. The van der Waals surface area contributed by atoms with Crippen LogP contribution in [0.5, 0.6) is 0 Å². The molecule has 2 nitrogen and oxygen atoms in total. The van der Waals surface area contributed by atoms with Crippen LogP contribution < -0.4 is 0 Å². The highest BCUT2D eigenvalue weighted by molar-refractivity contribution is 4.94. The molecule has 55 valence electrons. The van der Waals surface area contributed by atoms with Gasteiger partial charge in [0, 0.05) is 13.2 Å². The maximum atomic E-state index is 11.8. The maximum absolute atomic E-state index is 11.8. The molecule has 0 fully saturated rings. The Kier molecular flexibility index (Phi) is 1.42. The zero-order valence-corrected chi connectivity index (χ0v) is 5.11. The smallest absolute Gasteiger partial charge is 0.330 e. The molecule has 5 heteroatoms. The topological polar surface area (TPSA) is 17.8 Å². The molecule has 0 aliphatic rings. The zero-order chi connectivity index (χ0) is 7.78. The van der Waals surface area contributed by atoms with Crippen molar-refractivity contribution in [3.8, 4) is 0 Å². The fraction of sp³-hybridized carbons (Fsp3) is 0.400. The van der Waals surface area contributed by atoms with Crippen molar-refractivity contribution >= 4 is 0 Å². The summed E-state index contributed by atoms with van der Waals surface area (Å²) < 4.78 is 36.2. The van der Waals surface area contributed by atoms with E-state index in [1.807, 2.05) is 0 Å². The average Bonchev–Trinajstić information content (AvgIpc) is 2.11. The quantitative estimate of drug-likeness (QED) is 0.542. The maximum Gasteiger partial charge on any atom is 0.449 e. The molecule has 0 aliphatic heterocycles. The number of nitrogens with zero attached hydrogens (tertiary/aromatic N) is 2. The van der Waals surface area contributed by atoms with E-state index < -0.39 is 12.0 Å². The molecule has 1 heterocycles. The highest BCUT2D eigenvalue weighted by Crippen LogP contribution is 2.26. The number of aryl methyl sites for hydroxylation is 1. The van der Waals surface area contributed by atoms with Gasteiger partial charge in [-0.25, -0.2) is 4.98 Å². The summed E-state index contributed by atoms with van der Waals surface area (Å²) in [5, 5.41) is 0. The average molecular weight is 149 g/mol. The number of aromatic nitrogens is 2. The normalized spacial score (nSPS) is 12.0. The van der Waals surface area contributed by atoms with Crippen molar-refractivity contribution < 1.29 is 13.2 Å². The second kappa shape index (κ2) is 2.00. The van der Waals surface area contributed by atoms with Gasteiger partial charge in [0.15, 0.2) is 0 Å². The van der Waals surface area contributed by atoms with Gasteiger partial charge in [0.1, 0.15) is 6.20 Å². The Morgan fingerprint density at radius 2 is 2.20 bits per heavy atom. The molecule has 0 aromatic carbocycles. The van der Waals surface area contributed by atoms with Gasteiger partial charge in [0.25, 0.3) is 0 Å². The first-order valence-corrected chi connectivity index (χ1v) is 2.48. The van der Waals surface area contributed by atoms with E-state index >= 15 is 0 Å². The highest BCUT2D eigenvalue weighted by Gasteiger charge is 2.35. The van der Waals surface area contributed by atoms with Crippen molar-refractivity contribution in [2.24, 2.45) is 7.05 Å². The molecule has 0 bridgehead atoms. The van der Waals surface area contributed by atoms with E-state index in [0.29, 0.717) is 0 Å². The van der Waals surface area contributed by atoms with E-state index in [1.165, 1.54) is 7.05 Å². The predicted molar refractivity (Wildman–Crippen MR) is 27.0 cm³/mol. The first-order valence-electron chi connectivity index (χ1n) is 2.48. The molecule has 1 rings (SSSR count). The molecule has 10 heavy (non-hydrogen) atoms. The van der Waals surface area contributed by atoms with Crippen LogP contribution in [-0.4, -0.2) is 9.55 Å². The third kappa shape index (κ3) is 1.12. The molecule has 1 aromatic rings. The third-order valence-electron chi connectivity index (χ3n) is 1.01. The lowest BCUT2D eigenvalue weighted by Crippen LogP contribution is -2.11. The van der Waals surface area contributed by atoms with Gasteiger partial charge in [-0.1, -0.05) is 0 Å². The molecule has 1 aromatic heterocycles. The summed E-state index contributed by atoms with van der Waals surface area (Å²) >= 11 is 0. The van der Waals surface area contributed by atoms with Crippen LogP contribution >= 0.6 is 0 Å². The largest absolute Gasteiger partial charge is 0.449 e. The van der Waals surface area contributed by atoms with E-state index in [9.17, 15) is 13.2 Å². The van der Waals surface area contributed by atoms with Crippen LogP contribution in [0.2, 0.25) is 0 Å². The third-order valence-corrected chi connectivity index (χ3v) is 1.01. The molecule has 0 amide bonds. The number of hydrogen-bond acceptors (Lipinski definition) is 1. The predicted octanol–water partition coefficient (Wildman–Crippen LogP) is 1.24. The van der Waals surface area contributed by atoms with E-state index in [-0.39, 0.29) is 0 Å². The SMILES string of the molecule is Cn1c[c]nc1C(F)(F)F. The van der Waals surface area contributed by atoms with Crippen LogP contribution in [0, 0.1) is 6.20 Å². The first kappa shape index (κ1) is 7.11. The lowest BCUT2D eigenvalue weighted by Gasteiger charge is -2.03.